The molecule has 4 nitrogen and oxygen atoms in total. The number of alkyl halides is 3. The van der Waals surface area contributed by atoms with Gasteiger partial charge in [-0.15, -0.1) is 13.2 Å². The number of nitrogens with one attached hydrogen (secondary N) is 1. The zero-order valence-corrected chi connectivity index (χ0v) is 10.6. The van der Waals surface area contributed by atoms with Gasteiger partial charge in [-0.2, -0.15) is 0 Å². The third-order valence-electron chi connectivity index (χ3n) is 2.36. The van der Waals surface area contributed by atoms with E-state index >= 15 is 0 Å². The van der Waals surface area contributed by atoms with Gasteiger partial charge in [0.25, 0.3) is 0 Å². The molecule has 7 heteroatoms. The Hall–Kier alpha value is -2.31. The number of halogens is 3. The Labute approximate surface area is 113 Å². The van der Waals surface area contributed by atoms with E-state index in [9.17, 15) is 13.2 Å². The molecule has 1 N–H and O–H groups in total. The minimum Gasteiger partial charge on any atom is -0.406 e. The van der Waals surface area contributed by atoms with Crippen LogP contribution in [-0.2, 0) is 6.54 Å². The summed E-state index contributed by atoms with van der Waals surface area (Å²) in [5, 5.41) is 2.92. The number of anilines is 1. The summed E-state index contributed by atoms with van der Waals surface area (Å²) < 4.78 is 40.5. The van der Waals surface area contributed by atoms with E-state index in [-0.39, 0.29) is 5.75 Å². The van der Waals surface area contributed by atoms with E-state index in [4.69, 9.17) is 0 Å². The number of ether oxygens (including phenoxy) is 1. The first-order valence-corrected chi connectivity index (χ1v) is 5.79. The molecular weight excluding hydrogens is 271 g/mol. The molecule has 0 amide bonds. The predicted molar refractivity (Wildman–Crippen MR) is 67.2 cm³/mol. The van der Waals surface area contributed by atoms with E-state index in [0.29, 0.717) is 23.6 Å². The molecule has 0 spiro atoms. The Kier molecular flexibility index (Phi) is 4.07. The first-order valence-electron chi connectivity index (χ1n) is 5.79. The summed E-state index contributed by atoms with van der Waals surface area (Å²) in [6, 6.07) is 6.10. The van der Waals surface area contributed by atoms with E-state index in [1.807, 2.05) is 0 Å². The van der Waals surface area contributed by atoms with Gasteiger partial charge in [-0.05, 0) is 36.2 Å². The number of aryl methyl sites for hydroxylation is 1. The van der Waals surface area contributed by atoms with E-state index in [1.54, 1.807) is 31.5 Å². The van der Waals surface area contributed by atoms with Gasteiger partial charge in [-0.3, -0.25) is 0 Å². The maximum Gasteiger partial charge on any atom is 0.573 e. The highest BCUT2D eigenvalue weighted by Crippen LogP contribution is 2.25. The van der Waals surface area contributed by atoms with Gasteiger partial charge in [0.2, 0.25) is 5.95 Å². The van der Waals surface area contributed by atoms with Crippen LogP contribution in [0.15, 0.2) is 36.7 Å². The van der Waals surface area contributed by atoms with Crippen LogP contribution in [0.5, 0.6) is 5.75 Å². The highest BCUT2D eigenvalue weighted by Gasteiger charge is 2.31. The molecule has 2 aromatic rings. The van der Waals surface area contributed by atoms with Crippen LogP contribution < -0.4 is 10.1 Å². The number of hydrogen-bond donors (Lipinski definition) is 1. The van der Waals surface area contributed by atoms with Gasteiger partial charge in [-0.1, -0.05) is 6.07 Å². The lowest BCUT2D eigenvalue weighted by molar-refractivity contribution is -0.274. The molecule has 0 atom stereocenters. The zero-order chi connectivity index (χ0) is 14.6. The highest BCUT2D eigenvalue weighted by molar-refractivity contribution is 5.36. The van der Waals surface area contributed by atoms with Crippen LogP contribution in [0.1, 0.15) is 11.1 Å². The number of benzene rings is 1. The molecule has 1 aromatic heterocycles. The van der Waals surface area contributed by atoms with Crippen molar-refractivity contribution in [1.82, 2.24) is 9.97 Å². The van der Waals surface area contributed by atoms with Crippen molar-refractivity contribution in [3.8, 4) is 5.75 Å². The molecule has 0 aliphatic heterocycles. The van der Waals surface area contributed by atoms with Crippen LogP contribution in [0.4, 0.5) is 19.1 Å². The maximum atomic E-state index is 12.2. The summed E-state index contributed by atoms with van der Waals surface area (Å²) in [4.78, 5) is 7.93. The number of nitrogens with zero attached hydrogens (tertiary/aromatic N) is 2. The lowest BCUT2D eigenvalue weighted by atomic mass is 10.1. The maximum absolute atomic E-state index is 12.2. The van der Waals surface area contributed by atoms with E-state index in [2.05, 4.69) is 20.0 Å². The fraction of sp³-hybridized carbons (Fsp3) is 0.231. The van der Waals surface area contributed by atoms with Crippen molar-refractivity contribution >= 4 is 5.95 Å². The minimum absolute atomic E-state index is 0.233. The summed E-state index contributed by atoms with van der Waals surface area (Å²) >= 11 is 0. The quantitative estimate of drug-likeness (QED) is 0.935. The molecule has 1 heterocycles. The second-order valence-electron chi connectivity index (χ2n) is 4.13. The summed E-state index contributed by atoms with van der Waals surface area (Å²) in [6.45, 7) is 2.01. The van der Waals surface area contributed by atoms with Crippen LogP contribution in [0.25, 0.3) is 0 Å². The standard InChI is InChI=1S/C13H12F3N3O/c1-9-5-10(7-11(6-9)20-13(14,15)16)8-19-12-17-3-2-4-18-12/h2-7H,8H2,1H3,(H,17,18,19). The monoisotopic (exact) mass is 283 g/mol. The van der Waals surface area contributed by atoms with Crippen molar-refractivity contribution in [2.75, 3.05) is 5.32 Å². The first kappa shape index (κ1) is 14.1. The zero-order valence-electron chi connectivity index (χ0n) is 10.6. The van der Waals surface area contributed by atoms with Crippen molar-refractivity contribution in [1.29, 1.82) is 0 Å². The first-order chi connectivity index (χ1) is 9.42. The molecule has 0 bridgehead atoms. The van der Waals surface area contributed by atoms with Gasteiger partial charge in [0.15, 0.2) is 0 Å². The smallest absolute Gasteiger partial charge is 0.406 e. The normalized spacial score (nSPS) is 11.2. The molecule has 20 heavy (non-hydrogen) atoms. The Balaban J connectivity index is 2.08. The molecule has 0 fully saturated rings. The largest absolute Gasteiger partial charge is 0.573 e. The lowest BCUT2D eigenvalue weighted by Gasteiger charge is -2.12. The fourth-order valence-electron chi connectivity index (χ4n) is 1.69. The Morgan fingerprint density at radius 2 is 1.85 bits per heavy atom. The summed E-state index contributed by atoms with van der Waals surface area (Å²) in [5.41, 5.74) is 1.33. The third kappa shape index (κ3) is 4.42. The minimum atomic E-state index is -4.69. The van der Waals surface area contributed by atoms with E-state index in [1.165, 1.54) is 12.1 Å². The van der Waals surface area contributed by atoms with Crippen molar-refractivity contribution in [3.05, 3.63) is 47.8 Å². The average molecular weight is 283 g/mol. The summed E-state index contributed by atoms with van der Waals surface area (Å²) in [5.74, 6) is 0.176. The van der Waals surface area contributed by atoms with Crippen molar-refractivity contribution in [3.63, 3.8) is 0 Å². The molecule has 0 saturated heterocycles. The van der Waals surface area contributed by atoms with Gasteiger partial charge in [0, 0.05) is 18.9 Å². The SMILES string of the molecule is Cc1cc(CNc2ncccn2)cc(OC(F)(F)F)c1. The molecular formula is C13H12F3N3O. The number of aromatic nitrogens is 2. The fourth-order valence-corrected chi connectivity index (χ4v) is 1.69. The van der Waals surface area contributed by atoms with Crippen molar-refractivity contribution in [2.45, 2.75) is 19.8 Å². The molecule has 0 saturated carbocycles. The molecule has 0 aliphatic carbocycles. The second-order valence-corrected chi connectivity index (χ2v) is 4.13. The van der Waals surface area contributed by atoms with Crippen LogP contribution in [0.3, 0.4) is 0 Å². The summed E-state index contributed by atoms with van der Waals surface area (Å²) in [6.07, 6.45) is -1.55. The molecule has 0 unspecified atom stereocenters. The second kappa shape index (κ2) is 5.77. The highest BCUT2D eigenvalue weighted by atomic mass is 19.4. The van der Waals surface area contributed by atoms with Gasteiger partial charge in [-0.25, -0.2) is 9.97 Å². The average Bonchev–Trinajstić information content (AvgIpc) is 2.35. The van der Waals surface area contributed by atoms with Crippen LogP contribution in [0.2, 0.25) is 0 Å². The van der Waals surface area contributed by atoms with Crippen molar-refractivity contribution in [2.24, 2.45) is 0 Å². The van der Waals surface area contributed by atoms with Crippen LogP contribution >= 0.6 is 0 Å². The summed E-state index contributed by atoms with van der Waals surface area (Å²) in [7, 11) is 0. The number of hydrogen-bond acceptors (Lipinski definition) is 4. The topological polar surface area (TPSA) is 47.0 Å². The molecule has 2 rings (SSSR count). The van der Waals surface area contributed by atoms with Gasteiger partial charge < -0.3 is 10.1 Å². The molecule has 1 aromatic carbocycles. The van der Waals surface area contributed by atoms with Gasteiger partial charge in [0.05, 0.1) is 0 Å². The van der Waals surface area contributed by atoms with Gasteiger partial charge >= 0.3 is 6.36 Å². The molecule has 0 aliphatic rings. The van der Waals surface area contributed by atoms with E-state index < -0.39 is 6.36 Å². The molecule has 0 radical (unpaired) electrons. The lowest BCUT2D eigenvalue weighted by Crippen LogP contribution is -2.17. The van der Waals surface area contributed by atoms with Crippen LogP contribution in [-0.4, -0.2) is 16.3 Å². The molecule has 106 valence electrons. The van der Waals surface area contributed by atoms with Gasteiger partial charge in [0.1, 0.15) is 5.75 Å². The van der Waals surface area contributed by atoms with Crippen LogP contribution in [0, 0.1) is 6.92 Å². The van der Waals surface area contributed by atoms with E-state index in [0.717, 1.165) is 0 Å². The Morgan fingerprint density at radius 3 is 2.50 bits per heavy atom. The van der Waals surface area contributed by atoms with Crippen molar-refractivity contribution < 1.29 is 17.9 Å². The number of rotatable bonds is 4. The predicted octanol–water partition coefficient (Wildman–Crippen LogP) is 3.30. The Bertz CT molecular complexity index is 573. The third-order valence-corrected chi connectivity index (χ3v) is 2.36. The Morgan fingerprint density at radius 1 is 1.15 bits per heavy atom.